The summed E-state index contributed by atoms with van der Waals surface area (Å²) in [5.41, 5.74) is 1.43. The topological polar surface area (TPSA) is 90.9 Å². The molecule has 1 aliphatic rings. The average molecular weight is 260 g/mol. The molecule has 0 saturated carbocycles. The standard InChI is InChI=1S/C12H12N4O3/c1-8(17)14-10-4-2-9(3-5-10)6-13-16-7-11(18)15-12(16)19/h2-6H,7H2,1H3,(H,14,17)(H,15,18,19)/b13-6-. The molecule has 1 saturated heterocycles. The summed E-state index contributed by atoms with van der Waals surface area (Å²) in [5.74, 6) is -0.517. The van der Waals surface area contributed by atoms with E-state index in [4.69, 9.17) is 0 Å². The lowest BCUT2D eigenvalue weighted by atomic mass is 10.2. The van der Waals surface area contributed by atoms with Crippen LogP contribution in [-0.2, 0) is 9.59 Å². The summed E-state index contributed by atoms with van der Waals surface area (Å²) < 4.78 is 0. The molecular weight excluding hydrogens is 248 g/mol. The SMILES string of the molecule is CC(=O)Nc1ccc(/C=N\N2CC(=O)NC2=O)cc1. The zero-order chi connectivity index (χ0) is 13.8. The minimum absolute atomic E-state index is 0.0701. The van der Waals surface area contributed by atoms with Crippen LogP contribution in [0.1, 0.15) is 12.5 Å². The normalized spacial score (nSPS) is 14.9. The summed E-state index contributed by atoms with van der Waals surface area (Å²) in [6.45, 7) is 1.36. The number of carbonyl (C=O) groups excluding carboxylic acids is 3. The first kappa shape index (κ1) is 12.7. The van der Waals surface area contributed by atoms with Gasteiger partial charge in [-0.15, -0.1) is 0 Å². The maximum absolute atomic E-state index is 11.2. The van der Waals surface area contributed by atoms with Crippen LogP contribution in [0.15, 0.2) is 29.4 Å². The van der Waals surface area contributed by atoms with Gasteiger partial charge in [-0.05, 0) is 17.7 Å². The van der Waals surface area contributed by atoms with Crippen LogP contribution in [0.3, 0.4) is 0 Å². The van der Waals surface area contributed by atoms with Crippen LogP contribution in [0, 0.1) is 0 Å². The van der Waals surface area contributed by atoms with Gasteiger partial charge in [0.2, 0.25) is 11.8 Å². The van der Waals surface area contributed by atoms with Gasteiger partial charge >= 0.3 is 6.03 Å². The molecule has 7 nitrogen and oxygen atoms in total. The van der Waals surface area contributed by atoms with E-state index in [1.54, 1.807) is 24.3 Å². The Labute approximate surface area is 109 Å². The lowest BCUT2D eigenvalue weighted by molar-refractivity contribution is -0.118. The van der Waals surface area contributed by atoms with E-state index in [1.165, 1.54) is 13.1 Å². The maximum atomic E-state index is 11.2. The number of nitrogens with one attached hydrogen (secondary N) is 2. The van der Waals surface area contributed by atoms with Gasteiger partial charge in [-0.25, -0.2) is 9.80 Å². The fourth-order valence-electron chi connectivity index (χ4n) is 1.52. The molecule has 1 aromatic carbocycles. The van der Waals surface area contributed by atoms with Crippen molar-refractivity contribution in [2.45, 2.75) is 6.92 Å². The Bertz CT molecular complexity index is 551. The van der Waals surface area contributed by atoms with Crippen LogP contribution in [0.4, 0.5) is 10.5 Å². The van der Waals surface area contributed by atoms with Crippen molar-refractivity contribution in [3.05, 3.63) is 29.8 Å². The van der Waals surface area contributed by atoms with E-state index >= 15 is 0 Å². The fourth-order valence-corrected chi connectivity index (χ4v) is 1.52. The molecule has 0 atom stereocenters. The molecule has 4 amide bonds. The molecule has 1 fully saturated rings. The van der Waals surface area contributed by atoms with Crippen molar-refractivity contribution < 1.29 is 14.4 Å². The molecular formula is C12H12N4O3. The molecule has 0 aromatic heterocycles. The van der Waals surface area contributed by atoms with Gasteiger partial charge in [-0.1, -0.05) is 12.1 Å². The molecule has 7 heteroatoms. The van der Waals surface area contributed by atoms with Crippen LogP contribution in [0.5, 0.6) is 0 Å². The van der Waals surface area contributed by atoms with Crippen molar-refractivity contribution in [2.75, 3.05) is 11.9 Å². The number of nitrogens with zero attached hydrogens (tertiary/aromatic N) is 2. The Morgan fingerprint density at radius 2 is 2.05 bits per heavy atom. The number of amides is 4. The van der Waals surface area contributed by atoms with Crippen molar-refractivity contribution >= 4 is 29.7 Å². The van der Waals surface area contributed by atoms with Crippen LogP contribution < -0.4 is 10.6 Å². The number of hydrogen-bond donors (Lipinski definition) is 2. The highest BCUT2D eigenvalue weighted by Crippen LogP contribution is 2.08. The molecule has 1 aliphatic heterocycles. The molecule has 1 aromatic rings. The molecule has 2 rings (SSSR count). The maximum Gasteiger partial charge on any atom is 0.344 e. The number of hydrogen-bond acceptors (Lipinski definition) is 4. The van der Waals surface area contributed by atoms with Gasteiger partial charge < -0.3 is 5.32 Å². The molecule has 2 N–H and O–H groups in total. The van der Waals surface area contributed by atoms with Crippen LogP contribution in [-0.4, -0.2) is 35.6 Å². The smallest absolute Gasteiger partial charge is 0.326 e. The van der Waals surface area contributed by atoms with Crippen molar-refractivity contribution in [1.82, 2.24) is 10.3 Å². The Balaban J connectivity index is 2.01. The van der Waals surface area contributed by atoms with Gasteiger partial charge in [0.05, 0.1) is 6.21 Å². The first-order valence-electron chi connectivity index (χ1n) is 5.57. The van der Waals surface area contributed by atoms with E-state index in [0.29, 0.717) is 5.69 Å². The first-order chi connectivity index (χ1) is 9.04. The van der Waals surface area contributed by atoms with E-state index in [-0.39, 0.29) is 18.4 Å². The predicted molar refractivity (Wildman–Crippen MR) is 68.6 cm³/mol. The zero-order valence-corrected chi connectivity index (χ0v) is 10.2. The van der Waals surface area contributed by atoms with E-state index < -0.39 is 6.03 Å². The number of benzene rings is 1. The average Bonchev–Trinajstić information content (AvgIpc) is 2.66. The quantitative estimate of drug-likeness (QED) is 0.613. The van der Waals surface area contributed by atoms with Gasteiger partial charge in [0.1, 0.15) is 6.54 Å². The number of anilines is 1. The monoisotopic (exact) mass is 260 g/mol. The summed E-state index contributed by atoms with van der Waals surface area (Å²) in [6, 6.07) is 6.39. The number of imide groups is 1. The van der Waals surface area contributed by atoms with E-state index in [2.05, 4.69) is 15.7 Å². The number of hydrazone groups is 1. The molecule has 0 spiro atoms. The second-order valence-electron chi connectivity index (χ2n) is 3.96. The van der Waals surface area contributed by atoms with Gasteiger partial charge in [0.25, 0.3) is 0 Å². The molecule has 0 bridgehead atoms. The van der Waals surface area contributed by atoms with Crippen LogP contribution in [0.25, 0.3) is 0 Å². The second-order valence-corrected chi connectivity index (χ2v) is 3.96. The third-order valence-corrected chi connectivity index (χ3v) is 2.35. The molecule has 98 valence electrons. The lowest BCUT2D eigenvalue weighted by Gasteiger charge is -2.05. The van der Waals surface area contributed by atoms with E-state index in [1.807, 2.05) is 0 Å². The summed E-state index contributed by atoms with van der Waals surface area (Å²) >= 11 is 0. The van der Waals surface area contributed by atoms with Crippen LogP contribution >= 0.6 is 0 Å². The Morgan fingerprint density at radius 1 is 1.37 bits per heavy atom. The van der Waals surface area contributed by atoms with E-state index in [9.17, 15) is 14.4 Å². The minimum Gasteiger partial charge on any atom is -0.326 e. The Kier molecular flexibility index (Phi) is 3.56. The Morgan fingerprint density at radius 3 is 2.58 bits per heavy atom. The lowest BCUT2D eigenvalue weighted by Crippen LogP contribution is -2.24. The molecule has 19 heavy (non-hydrogen) atoms. The fraction of sp³-hybridized carbons (Fsp3) is 0.167. The largest absolute Gasteiger partial charge is 0.344 e. The Hall–Kier alpha value is -2.70. The van der Waals surface area contributed by atoms with Crippen molar-refractivity contribution in [3.8, 4) is 0 Å². The summed E-state index contributed by atoms with van der Waals surface area (Å²) in [5, 5.41) is 9.71. The third-order valence-electron chi connectivity index (χ3n) is 2.35. The number of urea groups is 1. The summed E-state index contributed by atoms with van der Waals surface area (Å²) in [6.07, 6.45) is 1.47. The van der Waals surface area contributed by atoms with E-state index in [0.717, 1.165) is 10.6 Å². The highest BCUT2D eigenvalue weighted by atomic mass is 16.2. The highest BCUT2D eigenvalue weighted by Gasteiger charge is 2.25. The molecule has 0 unspecified atom stereocenters. The molecule has 1 heterocycles. The van der Waals surface area contributed by atoms with Crippen molar-refractivity contribution in [3.63, 3.8) is 0 Å². The second kappa shape index (κ2) is 5.30. The van der Waals surface area contributed by atoms with Crippen molar-refractivity contribution in [1.29, 1.82) is 0 Å². The van der Waals surface area contributed by atoms with Gasteiger partial charge in [-0.2, -0.15) is 5.10 Å². The summed E-state index contributed by atoms with van der Waals surface area (Å²) in [4.78, 5) is 33.0. The highest BCUT2D eigenvalue weighted by molar-refractivity contribution is 6.02. The van der Waals surface area contributed by atoms with Crippen molar-refractivity contribution in [2.24, 2.45) is 5.10 Å². The van der Waals surface area contributed by atoms with Gasteiger partial charge in [0.15, 0.2) is 0 Å². The first-order valence-corrected chi connectivity index (χ1v) is 5.57. The van der Waals surface area contributed by atoms with Crippen LogP contribution in [0.2, 0.25) is 0 Å². The predicted octanol–water partition coefficient (Wildman–Crippen LogP) is 0.531. The summed E-state index contributed by atoms with van der Waals surface area (Å²) in [7, 11) is 0. The van der Waals surface area contributed by atoms with Gasteiger partial charge in [0, 0.05) is 12.6 Å². The van der Waals surface area contributed by atoms with Gasteiger partial charge in [-0.3, -0.25) is 14.9 Å². The third kappa shape index (κ3) is 3.38. The molecule has 0 radical (unpaired) electrons. The zero-order valence-electron chi connectivity index (χ0n) is 10.2. The minimum atomic E-state index is -0.531. The number of carbonyl (C=O) groups is 3. The molecule has 0 aliphatic carbocycles. The number of rotatable bonds is 3.